The van der Waals surface area contributed by atoms with Gasteiger partial charge in [0, 0.05) is 50.4 Å². The Morgan fingerprint density at radius 2 is 1.85 bits per heavy atom. The van der Waals surface area contributed by atoms with Crippen molar-refractivity contribution in [1.29, 1.82) is 0 Å². The average Bonchev–Trinajstić information content (AvgIpc) is 3.41. The van der Waals surface area contributed by atoms with Gasteiger partial charge in [-0.1, -0.05) is 12.1 Å². The Bertz CT molecular complexity index is 1350. The van der Waals surface area contributed by atoms with E-state index in [0.717, 1.165) is 88.1 Å². The number of benzene rings is 2. The van der Waals surface area contributed by atoms with E-state index in [2.05, 4.69) is 36.9 Å². The SMILES string of the molecule is COc1cc2c(cc1OCCCCCN1CCN(c3ncnc4ccccc34)CC1)N=C[C@@H]1CCCN1C2=O. The van der Waals surface area contributed by atoms with Gasteiger partial charge in [-0.15, -0.1) is 0 Å². The molecular weight excluding hydrogens is 492 g/mol. The molecule has 6 rings (SSSR count). The summed E-state index contributed by atoms with van der Waals surface area (Å²) in [6.45, 7) is 6.52. The lowest BCUT2D eigenvalue weighted by Crippen LogP contribution is -2.47. The number of hydrogen-bond donors (Lipinski definition) is 0. The summed E-state index contributed by atoms with van der Waals surface area (Å²) in [5, 5.41) is 1.12. The van der Waals surface area contributed by atoms with Crippen LogP contribution in [0.25, 0.3) is 10.9 Å². The van der Waals surface area contributed by atoms with E-state index < -0.39 is 0 Å². The highest BCUT2D eigenvalue weighted by atomic mass is 16.5. The Balaban J connectivity index is 0.955. The minimum absolute atomic E-state index is 0.0288. The van der Waals surface area contributed by atoms with Crippen LogP contribution < -0.4 is 14.4 Å². The van der Waals surface area contributed by atoms with Gasteiger partial charge in [0.15, 0.2) is 11.5 Å². The maximum atomic E-state index is 13.0. The van der Waals surface area contributed by atoms with E-state index in [1.165, 1.54) is 0 Å². The van der Waals surface area contributed by atoms with E-state index in [1.54, 1.807) is 19.5 Å². The van der Waals surface area contributed by atoms with Gasteiger partial charge in [-0.2, -0.15) is 0 Å². The van der Waals surface area contributed by atoms with Crippen molar-refractivity contribution in [2.24, 2.45) is 4.99 Å². The molecule has 4 heterocycles. The van der Waals surface area contributed by atoms with Crippen LogP contribution in [0.5, 0.6) is 11.5 Å². The lowest BCUT2D eigenvalue weighted by atomic mass is 10.1. The van der Waals surface area contributed by atoms with Crippen LogP contribution in [0.3, 0.4) is 0 Å². The highest BCUT2D eigenvalue weighted by Crippen LogP contribution is 2.38. The molecule has 0 N–H and O–H groups in total. The van der Waals surface area contributed by atoms with Crippen molar-refractivity contribution < 1.29 is 14.3 Å². The van der Waals surface area contributed by atoms with E-state index >= 15 is 0 Å². The minimum Gasteiger partial charge on any atom is -0.493 e. The van der Waals surface area contributed by atoms with Crippen LogP contribution in [0.15, 0.2) is 47.7 Å². The van der Waals surface area contributed by atoms with Crippen LogP contribution in [-0.2, 0) is 0 Å². The zero-order valence-electron chi connectivity index (χ0n) is 22.6. The van der Waals surface area contributed by atoms with E-state index in [9.17, 15) is 4.79 Å². The molecule has 0 unspecified atom stereocenters. The zero-order chi connectivity index (χ0) is 26.6. The largest absolute Gasteiger partial charge is 0.493 e. The third-order valence-corrected chi connectivity index (χ3v) is 8.03. The highest BCUT2D eigenvalue weighted by Gasteiger charge is 2.32. The third kappa shape index (κ3) is 5.41. The first-order valence-electron chi connectivity index (χ1n) is 14.1. The molecule has 0 radical (unpaired) electrons. The average molecular weight is 529 g/mol. The van der Waals surface area contributed by atoms with E-state index in [4.69, 9.17) is 9.47 Å². The number of fused-ring (bicyclic) bond motifs is 3. The number of ether oxygens (including phenoxy) is 2. The quantitative estimate of drug-likeness (QED) is 0.382. The normalized spacial score (nSPS) is 19.2. The van der Waals surface area contributed by atoms with Crippen LogP contribution >= 0.6 is 0 Å². The second kappa shape index (κ2) is 11.6. The van der Waals surface area contributed by atoms with E-state index in [0.29, 0.717) is 29.4 Å². The molecule has 3 aliphatic rings. The molecule has 2 saturated heterocycles. The van der Waals surface area contributed by atoms with Crippen LogP contribution in [-0.4, -0.2) is 90.9 Å². The molecule has 2 fully saturated rings. The topological polar surface area (TPSA) is 83.4 Å². The molecule has 9 nitrogen and oxygen atoms in total. The summed E-state index contributed by atoms with van der Waals surface area (Å²) in [5.41, 5.74) is 2.25. The standard InChI is InChI=1S/C30H36N6O3/c1-38-27-18-24-26(31-20-22-8-7-12-36(22)30(24)37)19-28(27)39-17-6-2-5-11-34-13-15-35(16-14-34)29-23-9-3-4-10-25(23)32-21-33-29/h3-4,9-10,18-22H,2,5-8,11-17H2,1H3/t22-/m0/s1. The van der Waals surface area contributed by atoms with Gasteiger partial charge in [-0.3, -0.25) is 14.7 Å². The molecule has 0 bridgehead atoms. The van der Waals surface area contributed by atoms with Gasteiger partial charge in [0.05, 0.1) is 36.5 Å². The number of para-hydroxylation sites is 1. The lowest BCUT2D eigenvalue weighted by Gasteiger charge is -2.35. The summed E-state index contributed by atoms with van der Waals surface area (Å²) < 4.78 is 11.7. The van der Waals surface area contributed by atoms with E-state index in [-0.39, 0.29) is 11.9 Å². The van der Waals surface area contributed by atoms with Gasteiger partial charge in [-0.25, -0.2) is 9.97 Å². The number of anilines is 1. The Kier molecular flexibility index (Phi) is 7.58. The molecule has 1 aromatic heterocycles. The number of carbonyl (C=O) groups excluding carboxylic acids is 1. The molecule has 204 valence electrons. The molecule has 3 aromatic rings. The molecule has 0 saturated carbocycles. The van der Waals surface area contributed by atoms with Gasteiger partial charge in [-0.05, 0) is 56.8 Å². The van der Waals surface area contributed by atoms with Crippen molar-refractivity contribution in [3.63, 3.8) is 0 Å². The number of piperazine rings is 1. The highest BCUT2D eigenvalue weighted by molar-refractivity contribution is 6.03. The zero-order valence-corrected chi connectivity index (χ0v) is 22.6. The first-order chi connectivity index (χ1) is 19.2. The number of nitrogens with zero attached hydrogens (tertiary/aromatic N) is 6. The Morgan fingerprint density at radius 1 is 0.974 bits per heavy atom. The maximum absolute atomic E-state index is 13.0. The summed E-state index contributed by atoms with van der Waals surface area (Å²) in [6.07, 6.45) is 8.76. The van der Waals surface area contributed by atoms with Crippen molar-refractivity contribution in [2.75, 3.05) is 57.9 Å². The molecule has 2 aromatic carbocycles. The van der Waals surface area contributed by atoms with Gasteiger partial charge in [0.25, 0.3) is 5.91 Å². The summed E-state index contributed by atoms with van der Waals surface area (Å²) in [5.74, 6) is 2.31. The van der Waals surface area contributed by atoms with Gasteiger partial charge in [0.1, 0.15) is 12.1 Å². The number of hydrogen-bond acceptors (Lipinski definition) is 8. The maximum Gasteiger partial charge on any atom is 0.256 e. The fourth-order valence-electron chi connectivity index (χ4n) is 5.84. The Hall–Kier alpha value is -3.72. The van der Waals surface area contributed by atoms with Crippen molar-refractivity contribution in [2.45, 2.75) is 38.1 Å². The fourth-order valence-corrected chi connectivity index (χ4v) is 5.84. The second-order valence-corrected chi connectivity index (χ2v) is 10.5. The summed E-state index contributed by atoms with van der Waals surface area (Å²) in [6, 6.07) is 12.0. The van der Waals surface area contributed by atoms with Crippen LogP contribution in [0.4, 0.5) is 11.5 Å². The van der Waals surface area contributed by atoms with E-state index in [1.807, 2.05) is 29.3 Å². The second-order valence-electron chi connectivity index (χ2n) is 10.5. The number of methoxy groups -OCH3 is 1. The van der Waals surface area contributed by atoms with Crippen molar-refractivity contribution in [1.82, 2.24) is 19.8 Å². The van der Waals surface area contributed by atoms with Crippen molar-refractivity contribution in [3.05, 3.63) is 48.3 Å². The lowest BCUT2D eigenvalue weighted by molar-refractivity contribution is 0.0774. The van der Waals surface area contributed by atoms with Crippen molar-refractivity contribution in [3.8, 4) is 11.5 Å². The van der Waals surface area contributed by atoms with Crippen molar-refractivity contribution >= 4 is 34.5 Å². The first-order valence-corrected chi connectivity index (χ1v) is 14.1. The van der Waals surface area contributed by atoms with Gasteiger partial charge in [0.2, 0.25) is 0 Å². The summed E-state index contributed by atoms with van der Waals surface area (Å²) >= 11 is 0. The molecule has 9 heteroatoms. The van der Waals surface area contributed by atoms with Crippen LogP contribution in [0.2, 0.25) is 0 Å². The third-order valence-electron chi connectivity index (χ3n) is 8.03. The number of rotatable bonds is 9. The predicted molar refractivity (Wildman–Crippen MR) is 153 cm³/mol. The molecule has 1 atom stereocenters. The number of unbranched alkanes of at least 4 members (excludes halogenated alkanes) is 2. The van der Waals surface area contributed by atoms with Crippen LogP contribution in [0.1, 0.15) is 42.5 Å². The molecule has 0 aliphatic carbocycles. The molecule has 1 amide bonds. The summed E-state index contributed by atoms with van der Waals surface area (Å²) in [7, 11) is 1.62. The predicted octanol–water partition coefficient (Wildman–Crippen LogP) is 4.33. The monoisotopic (exact) mass is 528 g/mol. The van der Waals surface area contributed by atoms with Gasteiger partial charge >= 0.3 is 0 Å². The molecule has 39 heavy (non-hydrogen) atoms. The van der Waals surface area contributed by atoms with Crippen LogP contribution in [0, 0.1) is 0 Å². The van der Waals surface area contributed by atoms with Gasteiger partial charge < -0.3 is 19.3 Å². The molecular formula is C30H36N6O3. The number of aliphatic imine (C=N–C) groups is 1. The number of aromatic nitrogens is 2. The molecule has 0 spiro atoms. The fraction of sp³-hybridized carbons (Fsp3) is 0.467. The number of carbonyl (C=O) groups is 1. The number of amides is 1. The summed E-state index contributed by atoms with van der Waals surface area (Å²) in [4.78, 5) is 33.5. The smallest absolute Gasteiger partial charge is 0.256 e. The minimum atomic E-state index is 0.0288. The molecule has 3 aliphatic heterocycles. The Morgan fingerprint density at radius 3 is 2.72 bits per heavy atom. The Labute approximate surface area is 229 Å². The first kappa shape index (κ1) is 25.6.